The van der Waals surface area contributed by atoms with E-state index in [0.717, 1.165) is 23.4 Å². The number of rotatable bonds is 6. The highest BCUT2D eigenvalue weighted by Gasteiger charge is 2.18. The third-order valence-corrected chi connectivity index (χ3v) is 3.95. The number of benzene rings is 2. The van der Waals surface area contributed by atoms with E-state index in [-0.39, 0.29) is 11.4 Å². The average Bonchev–Trinajstić information content (AvgIpc) is 2.58. The standard InChI is InChI=1S/C21H28N2O2/c1-5-16-9-8-10-17(15-16)25-14-13-22-20(24)23-19-12-7-6-11-18(19)21(2,3)4/h6-12,15H,5,13-14H2,1-4H3,(H2,22,23,24). The van der Waals surface area contributed by atoms with E-state index in [9.17, 15) is 4.79 Å². The van der Waals surface area contributed by atoms with Gasteiger partial charge < -0.3 is 15.4 Å². The highest BCUT2D eigenvalue weighted by Crippen LogP contribution is 2.29. The minimum atomic E-state index is -0.220. The lowest BCUT2D eigenvalue weighted by atomic mass is 9.86. The highest BCUT2D eigenvalue weighted by atomic mass is 16.5. The maximum absolute atomic E-state index is 12.1. The number of nitrogens with one attached hydrogen (secondary N) is 2. The Bertz CT molecular complexity index is 705. The van der Waals surface area contributed by atoms with Gasteiger partial charge in [0.15, 0.2) is 0 Å². The van der Waals surface area contributed by atoms with Gasteiger partial charge in [0.2, 0.25) is 0 Å². The number of anilines is 1. The molecule has 2 rings (SSSR count). The molecule has 2 amide bonds. The molecule has 2 N–H and O–H groups in total. The van der Waals surface area contributed by atoms with Gasteiger partial charge in [-0.15, -0.1) is 0 Å². The molecular formula is C21H28N2O2. The number of carbonyl (C=O) groups excluding carboxylic acids is 1. The Labute approximate surface area is 150 Å². The monoisotopic (exact) mass is 340 g/mol. The first kappa shape index (κ1) is 18.8. The fourth-order valence-electron chi connectivity index (χ4n) is 2.60. The molecule has 0 saturated carbocycles. The van der Waals surface area contributed by atoms with E-state index in [1.165, 1.54) is 5.56 Å². The van der Waals surface area contributed by atoms with E-state index >= 15 is 0 Å². The molecule has 4 nitrogen and oxygen atoms in total. The number of urea groups is 1. The summed E-state index contributed by atoms with van der Waals surface area (Å²) in [5, 5.41) is 5.76. The van der Waals surface area contributed by atoms with E-state index in [1.54, 1.807) is 0 Å². The second-order valence-corrected chi connectivity index (χ2v) is 7.03. The van der Waals surface area contributed by atoms with Crippen LogP contribution in [0.25, 0.3) is 0 Å². The van der Waals surface area contributed by atoms with Crippen molar-refractivity contribution in [2.24, 2.45) is 0 Å². The van der Waals surface area contributed by atoms with Crippen molar-refractivity contribution in [3.05, 3.63) is 59.7 Å². The molecule has 0 radical (unpaired) electrons. The van der Waals surface area contributed by atoms with E-state index < -0.39 is 0 Å². The van der Waals surface area contributed by atoms with Crippen molar-refractivity contribution < 1.29 is 9.53 Å². The van der Waals surface area contributed by atoms with Crippen LogP contribution in [-0.2, 0) is 11.8 Å². The summed E-state index contributed by atoms with van der Waals surface area (Å²) < 4.78 is 5.68. The van der Waals surface area contributed by atoms with Gasteiger partial charge in [-0.2, -0.15) is 0 Å². The molecular weight excluding hydrogens is 312 g/mol. The summed E-state index contributed by atoms with van der Waals surface area (Å²) in [5.74, 6) is 0.833. The minimum absolute atomic E-state index is 0.0305. The topological polar surface area (TPSA) is 50.4 Å². The fraction of sp³-hybridized carbons (Fsp3) is 0.381. The predicted octanol–water partition coefficient (Wildman–Crippen LogP) is 4.75. The Hall–Kier alpha value is -2.49. The largest absolute Gasteiger partial charge is 0.492 e. The maximum Gasteiger partial charge on any atom is 0.319 e. The Morgan fingerprint density at radius 2 is 1.84 bits per heavy atom. The van der Waals surface area contributed by atoms with Crippen LogP contribution in [0.2, 0.25) is 0 Å². The van der Waals surface area contributed by atoms with Crippen LogP contribution >= 0.6 is 0 Å². The number of ether oxygens (including phenoxy) is 1. The molecule has 2 aromatic rings. The van der Waals surface area contributed by atoms with Crippen molar-refractivity contribution in [1.82, 2.24) is 5.32 Å². The molecule has 2 aromatic carbocycles. The summed E-state index contributed by atoms with van der Waals surface area (Å²) >= 11 is 0. The molecule has 0 unspecified atom stereocenters. The van der Waals surface area contributed by atoms with Gasteiger partial charge in [0, 0.05) is 5.69 Å². The third kappa shape index (κ3) is 5.82. The van der Waals surface area contributed by atoms with Crippen LogP contribution in [0.5, 0.6) is 5.75 Å². The summed E-state index contributed by atoms with van der Waals surface area (Å²) in [4.78, 5) is 12.1. The molecule has 0 bridgehead atoms. The number of carbonyl (C=O) groups is 1. The molecule has 0 fully saturated rings. The van der Waals surface area contributed by atoms with E-state index in [2.05, 4.69) is 44.4 Å². The van der Waals surface area contributed by atoms with Crippen LogP contribution in [0.3, 0.4) is 0 Å². The summed E-state index contributed by atoms with van der Waals surface area (Å²) in [7, 11) is 0. The minimum Gasteiger partial charge on any atom is -0.492 e. The van der Waals surface area contributed by atoms with E-state index in [0.29, 0.717) is 13.2 Å². The Kier molecular flexibility index (Phi) is 6.45. The molecule has 0 aliphatic carbocycles. The van der Waals surface area contributed by atoms with Crippen LogP contribution in [0, 0.1) is 0 Å². The average molecular weight is 340 g/mol. The van der Waals surface area contributed by atoms with Gasteiger partial charge in [-0.25, -0.2) is 4.79 Å². The smallest absolute Gasteiger partial charge is 0.319 e. The normalized spacial score (nSPS) is 11.0. The lowest BCUT2D eigenvalue weighted by molar-refractivity contribution is 0.247. The molecule has 4 heteroatoms. The maximum atomic E-state index is 12.1. The molecule has 0 atom stereocenters. The lowest BCUT2D eigenvalue weighted by Crippen LogP contribution is -2.33. The second kappa shape index (κ2) is 8.56. The molecule has 25 heavy (non-hydrogen) atoms. The van der Waals surface area contributed by atoms with Crippen molar-refractivity contribution >= 4 is 11.7 Å². The highest BCUT2D eigenvalue weighted by molar-refractivity contribution is 5.90. The zero-order valence-corrected chi connectivity index (χ0v) is 15.6. The van der Waals surface area contributed by atoms with Gasteiger partial charge in [0.05, 0.1) is 6.54 Å². The lowest BCUT2D eigenvalue weighted by Gasteiger charge is -2.23. The Morgan fingerprint density at radius 1 is 1.08 bits per heavy atom. The molecule has 0 aliphatic heterocycles. The SMILES string of the molecule is CCc1cccc(OCCNC(=O)Nc2ccccc2C(C)(C)C)c1. The van der Waals surface area contributed by atoms with Crippen molar-refractivity contribution in [1.29, 1.82) is 0 Å². The third-order valence-electron chi connectivity index (χ3n) is 3.95. The van der Waals surface area contributed by atoms with Crippen LogP contribution in [0.4, 0.5) is 10.5 Å². The van der Waals surface area contributed by atoms with Crippen LogP contribution < -0.4 is 15.4 Å². The zero-order chi connectivity index (χ0) is 18.3. The molecule has 0 aromatic heterocycles. The van der Waals surface area contributed by atoms with Gasteiger partial charge in [-0.05, 0) is 41.2 Å². The number of aryl methyl sites for hydroxylation is 1. The number of hydrogen-bond donors (Lipinski definition) is 2. The van der Waals surface area contributed by atoms with Crippen molar-refractivity contribution in [2.75, 3.05) is 18.5 Å². The van der Waals surface area contributed by atoms with Gasteiger partial charge in [-0.1, -0.05) is 58.0 Å². The van der Waals surface area contributed by atoms with Gasteiger partial charge in [0.1, 0.15) is 12.4 Å². The molecule has 134 valence electrons. The first-order valence-corrected chi connectivity index (χ1v) is 8.76. The summed E-state index contributed by atoms with van der Waals surface area (Å²) in [6, 6.07) is 15.7. The van der Waals surface area contributed by atoms with Gasteiger partial charge in [-0.3, -0.25) is 0 Å². The number of hydrogen-bond acceptors (Lipinski definition) is 2. The van der Waals surface area contributed by atoms with Gasteiger partial charge in [0.25, 0.3) is 0 Å². The Balaban J connectivity index is 1.82. The van der Waals surface area contributed by atoms with Crippen LogP contribution in [-0.4, -0.2) is 19.2 Å². The van der Waals surface area contributed by atoms with Crippen LogP contribution in [0.1, 0.15) is 38.8 Å². The molecule has 0 heterocycles. The quantitative estimate of drug-likeness (QED) is 0.746. The van der Waals surface area contributed by atoms with Crippen molar-refractivity contribution in [2.45, 2.75) is 39.5 Å². The van der Waals surface area contributed by atoms with E-state index in [1.807, 2.05) is 42.5 Å². The second-order valence-electron chi connectivity index (χ2n) is 7.03. The zero-order valence-electron chi connectivity index (χ0n) is 15.6. The first-order valence-electron chi connectivity index (χ1n) is 8.76. The first-order chi connectivity index (χ1) is 11.9. The molecule has 0 aliphatic rings. The van der Waals surface area contributed by atoms with Crippen molar-refractivity contribution in [3.63, 3.8) is 0 Å². The fourth-order valence-corrected chi connectivity index (χ4v) is 2.60. The predicted molar refractivity (Wildman–Crippen MR) is 103 cm³/mol. The molecule has 0 saturated heterocycles. The van der Waals surface area contributed by atoms with Crippen LogP contribution in [0.15, 0.2) is 48.5 Å². The van der Waals surface area contributed by atoms with Crippen molar-refractivity contribution in [3.8, 4) is 5.75 Å². The Morgan fingerprint density at radius 3 is 2.56 bits per heavy atom. The molecule has 0 spiro atoms. The summed E-state index contributed by atoms with van der Waals surface area (Å²) in [5.41, 5.74) is 3.15. The van der Waals surface area contributed by atoms with Gasteiger partial charge >= 0.3 is 6.03 Å². The summed E-state index contributed by atoms with van der Waals surface area (Å²) in [6.07, 6.45) is 0.977. The number of amides is 2. The summed E-state index contributed by atoms with van der Waals surface area (Å²) in [6.45, 7) is 9.37. The number of para-hydroxylation sites is 1. The van der Waals surface area contributed by atoms with E-state index in [4.69, 9.17) is 4.74 Å².